The van der Waals surface area contributed by atoms with Gasteiger partial charge >= 0.3 is 0 Å². The van der Waals surface area contributed by atoms with Crippen molar-refractivity contribution in [2.75, 3.05) is 0 Å². The molecule has 0 saturated heterocycles. The van der Waals surface area contributed by atoms with Crippen molar-refractivity contribution >= 4 is 11.5 Å². The maximum Gasteiger partial charge on any atom is 0.193 e. The molecule has 112 valence electrons. The molecule has 0 amide bonds. The molecule has 2 aliphatic carbocycles. The summed E-state index contributed by atoms with van der Waals surface area (Å²) in [5.74, 6) is -0.311. The Morgan fingerprint density at radius 1 is 1.04 bits per heavy atom. The largest absolute Gasteiger partial charge is 0.308 e. The molecule has 4 rings (SSSR count). The maximum absolute atomic E-state index is 12.8. The summed E-state index contributed by atoms with van der Waals surface area (Å²) >= 11 is 0. The first-order valence-corrected chi connectivity index (χ1v) is 7.88. The van der Waals surface area contributed by atoms with Crippen LogP contribution in [0.1, 0.15) is 46.3 Å². The first kappa shape index (κ1) is 13.9. The molecule has 0 heterocycles. The highest BCUT2D eigenvalue weighted by Gasteiger charge is 2.47. The van der Waals surface area contributed by atoms with E-state index in [1.165, 1.54) is 0 Å². The summed E-state index contributed by atoms with van der Waals surface area (Å²) in [4.78, 5) is 12.8. The molecule has 1 atom stereocenters. The molecular weight excluding hydrogens is 284 g/mol. The number of hydrogen-bond acceptors (Lipinski definition) is 3. The van der Waals surface area contributed by atoms with Crippen molar-refractivity contribution in [3.8, 4) is 6.07 Å². The second kappa shape index (κ2) is 4.89. The molecule has 1 fully saturated rings. The highest BCUT2D eigenvalue weighted by molar-refractivity contribution is 6.13. The third kappa shape index (κ3) is 1.82. The Balaban J connectivity index is 2.01. The van der Waals surface area contributed by atoms with Gasteiger partial charge in [-0.2, -0.15) is 5.26 Å². The summed E-state index contributed by atoms with van der Waals surface area (Å²) in [5.41, 5.74) is 3.73. The zero-order valence-corrected chi connectivity index (χ0v) is 12.7. The van der Waals surface area contributed by atoms with Crippen LogP contribution in [0.2, 0.25) is 0 Å². The number of carbonyl (C=O) groups is 1. The Morgan fingerprint density at radius 3 is 2.17 bits per heavy atom. The van der Waals surface area contributed by atoms with E-state index < -0.39 is 0 Å². The topological polar surface area (TPSA) is 64.7 Å². The van der Waals surface area contributed by atoms with Crippen LogP contribution in [0.4, 0.5) is 0 Å². The molecule has 2 aliphatic rings. The van der Waals surface area contributed by atoms with Crippen molar-refractivity contribution in [1.29, 1.82) is 10.7 Å². The minimum Gasteiger partial charge on any atom is -0.308 e. The van der Waals surface area contributed by atoms with Crippen LogP contribution in [0, 0.1) is 22.7 Å². The van der Waals surface area contributed by atoms with Gasteiger partial charge in [0.05, 0.1) is 12.0 Å². The second-order valence-electron chi connectivity index (χ2n) is 6.41. The first-order chi connectivity index (χ1) is 11.2. The summed E-state index contributed by atoms with van der Waals surface area (Å²) in [7, 11) is 0. The van der Waals surface area contributed by atoms with Gasteiger partial charge in [-0.3, -0.25) is 4.79 Å². The molecule has 2 aromatic carbocycles. The molecule has 0 radical (unpaired) electrons. The average molecular weight is 300 g/mol. The second-order valence-corrected chi connectivity index (χ2v) is 6.41. The Morgan fingerprint density at radius 2 is 1.61 bits per heavy atom. The molecule has 3 nitrogen and oxygen atoms in total. The number of carbonyl (C=O) groups excluding carboxylic acids is 1. The fraction of sp³-hybridized carbons (Fsp3) is 0.250. The molecule has 0 bridgehead atoms. The van der Waals surface area contributed by atoms with Crippen molar-refractivity contribution in [2.45, 2.75) is 24.7 Å². The van der Waals surface area contributed by atoms with Crippen LogP contribution in [0.15, 0.2) is 48.5 Å². The minimum absolute atomic E-state index is 0.0657. The fourth-order valence-corrected chi connectivity index (χ4v) is 4.20. The lowest BCUT2D eigenvalue weighted by Crippen LogP contribution is -2.42. The standard InChI is InChI=1S/C20H16N2O/c21-12-13-11-20(10-9-18(13)22)16-7-3-1-5-14(16)19(23)15-6-2-4-8-17(15)20/h1-8,13,22H,9-11H2. The predicted octanol–water partition coefficient (Wildman–Crippen LogP) is 3.86. The molecule has 1 unspecified atom stereocenters. The van der Waals surface area contributed by atoms with Crippen LogP contribution in [0.5, 0.6) is 0 Å². The van der Waals surface area contributed by atoms with E-state index in [2.05, 4.69) is 6.07 Å². The lowest BCUT2D eigenvalue weighted by Gasteiger charge is -2.44. The summed E-state index contributed by atoms with van der Waals surface area (Å²) in [6, 6.07) is 17.8. The molecule has 3 heteroatoms. The van der Waals surface area contributed by atoms with E-state index in [0.29, 0.717) is 18.6 Å². The number of hydrogen-bond donors (Lipinski definition) is 1. The normalized spacial score (nSPS) is 21.4. The predicted molar refractivity (Wildman–Crippen MR) is 87.8 cm³/mol. The van der Waals surface area contributed by atoms with Gasteiger partial charge < -0.3 is 5.41 Å². The maximum atomic E-state index is 12.8. The number of nitrogens with one attached hydrogen (secondary N) is 1. The monoisotopic (exact) mass is 300 g/mol. The molecule has 0 aliphatic heterocycles. The summed E-state index contributed by atoms with van der Waals surface area (Å²) < 4.78 is 0. The van der Waals surface area contributed by atoms with E-state index in [4.69, 9.17) is 5.41 Å². The summed E-state index contributed by atoms with van der Waals surface area (Å²) in [6.07, 6.45) is 1.98. The van der Waals surface area contributed by atoms with Gasteiger partial charge in [-0.15, -0.1) is 0 Å². The van der Waals surface area contributed by atoms with Gasteiger partial charge in [0, 0.05) is 22.3 Å². The Labute approximate surface area is 135 Å². The van der Waals surface area contributed by atoms with Crippen molar-refractivity contribution in [2.24, 2.45) is 5.92 Å². The van der Waals surface area contributed by atoms with Gasteiger partial charge in [-0.25, -0.2) is 0 Å². The van der Waals surface area contributed by atoms with Gasteiger partial charge in [0.1, 0.15) is 0 Å². The fourth-order valence-electron chi connectivity index (χ4n) is 4.20. The zero-order valence-electron chi connectivity index (χ0n) is 12.7. The van der Waals surface area contributed by atoms with Crippen LogP contribution in [0.3, 0.4) is 0 Å². The van der Waals surface area contributed by atoms with E-state index in [1.54, 1.807) is 0 Å². The molecular formula is C20H16N2O. The molecule has 2 aromatic rings. The van der Waals surface area contributed by atoms with Gasteiger partial charge in [0.2, 0.25) is 0 Å². The number of nitriles is 1. The van der Waals surface area contributed by atoms with Crippen LogP contribution in [-0.4, -0.2) is 11.5 Å². The highest BCUT2D eigenvalue weighted by Crippen LogP contribution is 2.50. The van der Waals surface area contributed by atoms with Gasteiger partial charge in [0.15, 0.2) is 5.78 Å². The number of benzene rings is 2. The quantitative estimate of drug-likeness (QED) is 0.803. The molecule has 0 aromatic heterocycles. The lowest BCUT2D eigenvalue weighted by atomic mass is 9.57. The van der Waals surface area contributed by atoms with Crippen LogP contribution in [-0.2, 0) is 5.41 Å². The van der Waals surface area contributed by atoms with Crippen molar-refractivity contribution in [3.63, 3.8) is 0 Å². The van der Waals surface area contributed by atoms with Crippen LogP contribution < -0.4 is 0 Å². The first-order valence-electron chi connectivity index (χ1n) is 7.88. The zero-order chi connectivity index (χ0) is 16.0. The molecule has 1 N–H and O–H groups in total. The van der Waals surface area contributed by atoms with E-state index in [-0.39, 0.29) is 17.1 Å². The molecule has 1 saturated carbocycles. The molecule has 23 heavy (non-hydrogen) atoms. The van der Waals surface area contributed by atoms with E-state index in [1.807, 2.05) is 48.5 Å². The van der Waals surface area contributed by atoms with Crippen molar-refractivity contribution in [3.05, 3.63) is 70.8 Å². The minimum atomic E-state index is -0.377. The lowest BCUT2D eigenvalue weighted by molar-refractivity contribution is 0.102. The van der Waals surface area contributed by atoms with E-state index in [9.17, 15) is 10.1 Å². The highest BCUT2D eigenvalue weighted by atomic mass is 16.1. The van der Waals surface area contributed by atoms with E-state index in [0.717, 1.165) is 28.7 Å². The van der Waals surface area contributed by atoms with Crippen molar-refractivity contribution < 1.29 is 4.79 Å². The Hall–Kier alpha value is -2.73. The van der Waals surface area contributed by atoms with Gasteiger partial charge in [-0.1, -0.05) is 48.5 Å². The molecule has 1 spiro atoms. The number of rotatable bonds is 0. The Kier molecular flexibility index (Phi) is 2.96. The van der Waals surface area contributed by atoms with Crippen LogP contribution >= 0.6 is 0 Å². The van der Waals surface area contributed by atoms with Gasteiger partial charge in [0.25, 0.3) is 0 Å². The number of nitrogens with zero attached hydrogens (tertiary/aromatic N) is 1. The van der Waals surface area contributed by atoms with E-state index >= 15 is 0 Å². The van der Waals surface area contributed by atoms with Gasteiger partial charge in [-0.05, 0) is 30.4 Å². The smallest absolute Gasteiger partial charge is 0.193 e. The number of fused-ring (bicyclic) bond motifs is 4. The Bertz CT molecular complexity index is 826. The average Bonchev–Trinajstić information content (AvgIpc) is 2.61. The van der Waals surface area contributed by atoms with Crippen LogP contribution in [0.25, 0.3) is 0 Å². The third-order valence-corrected chi connectivity index (χ3v) is 5.32. The van der Waals surface area contributed by atoms with Crippen molar-refractivity contribution in [1.82, 2.24) is 0 Å². The SMILES string of the molecule is N#CC1CC2(CCC1=N)c1ccccc1C(=O)c1ccccc12. The summed E-state index contributed by atoms with van der Waals surface area (Å²) in [6.45, 7) is 0. The number of ketones is 1. The third-order valence-electron chi connectivity index (χ3n) is 5.32. The summed E-state index contributed by atoms with van der Waals surface area (Å²) in [5, 5.41) is 17.5.